The molecule has 0 aromatic heterocycles. The summed E-state index contributed by atoms with van der Waals surface area (Å²) in [6.45, 7) is 11.9. The first-order valence-electron chi connectivity index (χ1n) is 20.9. The molecule has 4 fully saturated rings. The molecule has 0 atom stereocenters. The first-order valence-corrected chi connectivity index (χ1v) is 24.9. The molecule has 64 heavy (non-hydrogen) atoms. The van der Waals surface area contributed by atoms with Gasteiger partial charge in [-0.2, -0.15) is 0 Å². The van der Waals surface area contributed by atoms with Crippen LogP contribution in [0.2, 0.25) is 10.1 Å². The molecule has 8 heteroatoms. The van der Waals surface area contributed by atoms with Crippen molar-refractivity contribution in [3.8, 4) is 0 Å². The van der Waals surface area contributed by atoms with E-state index in [0.29, 0.717) is 0 Å². The number of rotatable bonds is 8. The number of aliphatic hydroxyl groups excluding tert-OH is 2. The van der Waals surface area contributed by atoms with Gasteiger partial charge < -0.3 is 10.2 Å². The minimum absolute atomic E-state index is 0. The maximum atomic E-state index is 14.9. The Morgan fingerprint density at radius 3 is 0.578 bits per heavy atom. The fourth-order valence-corrected chi connectivity index (χ4v) is 18.1. The van der Waals surface area contributed by atoms with Gasteiger partial charge >= 0.3 is 0 Å². The van der Waals surface area contributed by atoms with Gasteiger partial charge in [-0.3, -0.25) is 9.59 Å². The third kappa shape index (κ3) is 15.4. The number of benzene rings is 4. The zero-order valence-corrected chi connectivity index (χ0v) is 43.6. The second-order valence-electron chi connectivity index (χ2n) is 16.7. The Hall–Kier alpha value is -2.27. The summed E-state index contributed by atoms with van der Waals surface area (Å²) in [5, 5.41) is 24.4. The molecule has 4 aromatic rings. The molecule has 22 radical (unpaired) electrons. The normalized spacial score (nSPS) is 16.2. The largest absolute Gasteiger partial charge is 0.502 e. The fraction of sp³-hybridized carbons (Fsp3) is 0.143. The van der Waals surface area contributed by atoms with Crippen LogP contribution in [-0.4, -0.2) is 37.2 Å². The summed E-state index contributed by atoms with van der Waals surface area (Å²) in [6, 6.07) is 37.9. The molecule has 4 nitrogen and oxygen atoms in total. The second kappa shape index (κ2) is 29.5. The Balaban J connectivity index is 0.000000517. The van der Waals surface area contributed by atoms with E-state index in [-0.39, 0.29) is 51.7 Å². The molecule has 8 rings (SSSR count). The molecule has 2 N–H and O–H groups in total. The summed E-state index contributed by atoms with van der Waals surface area (Å²) in [4.78, 5) is 29.7. The second-order valence-corrected chi connectivity index (χ2v) is 25.9. The SMILES string of the molecule is CC(C)(C)[Si](C(=O)/C(O)=C(\O)C(=O)[Si](c1ccccc1)(c1ccccc1)C(C)(C)C)(c1ccccc1)c1ccccc1.[CH]1[CH][CH][CH][CH]1.[CH]1[CH][CH][CH][CH]1.[CH]1[CH][CH][CH][CH]1.[CH]1[CH][CH][CH][CH]1.[Sc].[Sc]. The first-order chi connectivity index (χ1) is 29.8. The van der Waals surface area contributed by atoms with Crippen molar-refractivity contribution >= 4 is 47.7 Å². The van der Waals surface area contributed by atoms with Crippen molar-refractivity contribution in [1.29, 1.82) is 0 Å². The molecule has 4 aromatic carbocycles. The van der Waals surface area contributed by atoms with Crippen LogP contribution in [0.5, 0.6) is 0 Å². The smallest absolute Gasteiger partial charge is 0.209 e. The average molecular weight is 943 g/mol. The summed E-state index contributed by atoms with van der Waals surface area (Å²) in [7, 11) is -7.06. The topological polar surface area (TPSA) is 74.6 Å². The van der Waals surface area contributed by atoms with Crippen molar-refractivity contribution in [3.63, 3.8) is 0 Å². The Morgan fingerprint density at radius 1 is 0.312 bits per heavy atom. The molecule has 4 saturated carbocycles. The van der Waals surface area contributed by atoms with Crippen LogP contribution in [0, 0.1) is 128 Å². The third-order valence-electron chi connectivity index (χ3n) is 10.6. The van der Waals surface area contributed by atoms with Crippen molar-refractivity contribution in [2.75, 3.05) is 0 Å². The molecule has 0 aliphatic heterocycles. The van der Waals surface area contributed by atoms with Crippen LogP contribution >= 0.6 is 0 Å². The minimum atomic E-state index is -3.53. The van der Waals surface area contributed by atoms with Gasteiger partial charge in [0, 0.05) is 51.7 Å². The van der Waals surface area contributed by atoms with Crippen LogP contribution in [0.15, 0.2) is 133 Å². The first kappa shape index (κ1) is 57.9. The molecule has 4 aliphatic rings. The Morgan fingerprint density at radius 2 is 0.453 bits per heavy atom. The standard InChI is InChI=1S/C36H40O4Si2.4C5H5.2Sc/c1-35(2,3)41(27-19-11-7-12-20-27,28-21-13-8-14-22-28)33(39)31(37)32(38)34(40)42(36(4,5)6,29-23-15-9-16-24-29)30-25-17-10-18-26-30;4*1-2-4-5-3-1;;/h7-26,37-38H,1-6H3;4*1-5H;;/b32-31+;;;;;;. The van der Waals surface area contributed by atoms with Gasteiger partial charge in [-0.05, 0) is 159 Å². The maximum Gasteiger partial charge on any atom is 0.209 e. The van der Waals surface area contributed by atoms with Crippen LogP contribution in [0.25, 0.3) is 0 Å². The van der Waals surface area contributed by atoms with Crippen LogP contribution in [0.4, 0.5) is 0 Å². The van der Waals surface area contributed by atoms with Crippen LogP contribution in [-0.2, 0) is 61.3 Å². The maximum absolute atomic E-state index is 14.9. The molecular weight excluding hydrogens is 883 g/mol. The number of hydrogen-bond donors (Lipinski definition) is 2. The molecule has 0 spiro atoms. The Bertz CT molecular complexity index is 1640. The summed E-state index contributed by atoms with van der Waals surface area (Å²) in [6.07, 6.45) is 40.0. The van der Waals surface area contributed by atoms with Crippen LogP contribution in [0.1, 0.15) is 41.5 Å². The minimum Gasteiger partial charge on any atom is -0.502 e. The van der Waals surface area contributed by atoms with Gasteiger partial charge in [0.25, 0.3) is 0 Å². The number of aliphatic hydroxyl groups is 2. The van der Waals surface area contributed by atoms with Crippen molar-refractivity contribution in [2.24, 2.45) is 0 Å². The predicted octanol–water partition coefficient (Wildman–Crippen LogP) is 9.74. The van der Waals surface area contributed by atoms with Crippen molar-refractivity contribution < 1.29 is 71.5 Å². The van der Waals surface area contributed by atoms with E-state index in [0.717, 1.165) is 20.7 Å². The van der Waals surface area contributed by atoms with Gasteiger partial charge in [0.2, 0.25) is 16.1 Å². The van der Waals surface area contributed by atoms with Crippen molar-refractivity contribution in [3.05, 3.63) is 261 Å². The zero-order valence-electron chi connectivity index (χ0n) is 38.0. The molecule has 0 heterocycles. The molecule has 322 valence electrons. The number of carbonyl (C=O) groups excluding carboxylic acids is 2. The van der Waals surface area contributed by atoms with Crippen LogP contribution in [0.3, 0.4) is 0 Å². The Labute approximate surface area is 428 Å². The summed E-state index contributed by atoms with van der Waals surface area (Å²) in [5.74, 6) is -1.72. The molecule has 4 aliphatic carbocycles. The van der Waals surface area contributed by atoms with E-state index >= 15 is 0 Å². The molecule has 0 amide bonds. The van der Waals surface area contributed by atoms with Crippen molar-refractivity contribution in [1.82, 2.24) is 0 Å². The quantitative estimate of drug-likeness (QED) is 0.105. The van der Waals surface area contributed by atoms with Gasteiger partial charge in [0.05, 0.1) is 0 Å². The summed E-state index contributed by atoms with van der Waals surface area (Å²) < 4.78 is 0. The van der Waals surface area contributed by atoms with E-state index < -0.39 is 48.6 Å². The van der Waals surface area contributed by atoms with Crippen molar-refractivity contribution in [2.45, 2.75) is 51.6 Å². The average Bonchev–Trinajstić information content (AvgIpc) is 4.15. The predicted molar refractivity (Wildman–Crippen MR) is 264 cm³/mol. The number of carbonyl (C=O) groups is 2. The van der Waals surface area contributed by atoms with Gasteiger partial charge in [0.15, 0.2) is 22.3 Å². The van der Waals surface area contributed by atoms with E-state index in [9.17, 15) is 19.8 Å². The number of allylic oxidation sites excluding steroid dienone is 2. The summed E-state index contributed by atoms with van der Waals surface area (Å²) >= 11 is 0. The van der Waals surface area contributed by atoms with E-state index in [1.807, 2.05) is 291 Å². The van der Waals surface area contributed by atoms with Gasteiger partial charge in [-0.25, -0.2) is 0 Å². The fourth-order valence-electron chi connectivity index (χ4n) is 7.88. The zero-order chi connectivity index (χ0) is 44.9. The molecular formula is C56H60O4Sc2Si2. The molecule has 0 unspecified atom stereocenters. The van der Waals surface area contributed by atoms with E-state index in [2.05, 4.69) is 0 Å². The van der Waals surface area contributed by atoms with E-state index in [1.165, 1.54) is 0 Å². The van der Waals surface area contributed by atoms with Gasteiger partial charge in [0.1, 0.15) is 0 Å². The molecule has 0 saturated heterocycles. The van der Waals surface area contributed by atoms with Gasteiger partial charge in [-0.15, -0.1) is 0 Å². The molecule has 0 bridgehead atoms. The van der Waals surface area contributed by atoms with E-state index in [1.54, 1.807) is 0 Å². The summed E-state index contributed by atoms with van der Waals surface area (Å²) in [5.41, 5.74) is 0. The monoisotopic (exact) mass is 942 g/mol. The number of hydrogen-bond acceptors (Lipinski definition) is 4. The third-order valence-corrected chi connectivity index (χ3v) is 21.8. The Kier molecular flexibility index (Phi) is 26.7. The van der Waals surface area contributed by atoms with E-state index in [4.69, 9.17) is 0 Å². The van der Waals surface area contributed by atoms with Gasteiger partial charge in [-0.1, -0.05) is 163 Å². The van der Waals surface area contributed by atoms with Crippen LogP contribution < -0.4 is 20.7 Å².